The summed E-state index contributed by atoms with van der Waals surface area (Å²) in [4.78, 5) is 25.0. The van der Waals surface area contributed by atoms with E-state index in [1.165, 1.54) is 0 Å². The van der Waals surface area contributed by atoms with E-state index in [9.17, 15) is 9.59 Å². The Morgan fingerprint density at radius 1 is 1.09 bits per heavy atom. The molecule has 0 aliphatic carbocycles. The van der Waals surface area contributed by atoms with Gasteiger partial charge in [-0.3, -0.25) is 9.59 Å². The van der Waals surface area contributed by atoms with Crippen molar-refractivity contribution in [2.75, 3.05) is 13.2 Å². The molecule has 5 heteroatoms. The monoisotopic (exact) mass is 303 g/mol. The minimum Gasteiger partial charge on any atom is -0.465 e. The van der Waals surface area contributed by atoms with E-state index in [1.54, 1.807) is 27.0 Å². The third kappa shape index (κ3) is 2.47. The first kappa shape index (κ1) is 16.1. The zero-order valence-electron chi connectivity index (χ0n) is 13.4. The predicted octanol–water partition coefficient (Wildman–Crippen LogP) is 2.56. The molecule has 2 rings (SSSR count). The zero-order valence-corrected chi connectivity index (χ0v) is 13.4. The van der Waals surface area contributed by atoms with Crippen LogP contribution in [0.4, 0.5) is 0 Å². The van der Waals surface area contributed by atoms with Crippen LogP contribution in [0, 0.1) is 0 Å². The SMILES string of the molecule is CCOC(=O)C(C)(C(=O)OCC)c1cn(C)c2ccccc12. The molecule has 22 heavy (non-hydrogen) atoms. The molecule has 0 unspecified atom stereocenters. The minimum absolute atomic E-state index is 0.207. The fourth-order valence-electron chi connectivity index (χ4n) is 2.59. The number of hydrogen-bond acceptors (Lipinski definition) is 4. The van der Waals surface area contributed by atoms with Crippen LogP contribution in [0.2, 0.25) is 0 Å². The quantitative estimate of drug-likeness (QED) is 0.629. The standard InChI is InChI=1S/C17H21NO4/c1-5-21-15(19)17(3,16(20)22-6-2)13-11-18(4)14-10-8-7-9-12(13)14/h7-11H,5-6H2,1-4H3. The van der Waals surface area contributed by atoms with Crippen molar-refractivity contribution in [3.63, 3.8) is 0 Å². The van der Waals surface area contributed by atoms with Crippen molar-refractivity contribution in [3.8, 4) is 0 Å². The summed E-state index contributed by atoms with van der Waals surface area (Å²) in [5, 5.41) is 0.841. The Hall–Kier alpha value is -2.30. The van der Waals surface area contributed by atoms with E-state index >= 15 is 0 Å². The first-order valence-electron chi connectivity index (χ1n) is 7.35. The Balaban J connectivity index is 2.66. The van der Waals surface area contributed by atoms with Crippen molar-refractivity contribution in [2.24, 2.45) is 7.05 Å². The van der Waals surface area contributed by atoms with Crippen LogP contribution in [0.3, 0.4) is 0 Å². The number of hydrogen-bond donors (Lipinski definition) is 0. The largest absolute Gasteiger partial charge is 0.465 e. The van der Waals surface area contributed by atoms with Crippen molar-refractivity contribution < 1.29 is 19.1 Å². The summed E-state index contributed by atoms with van der Waals surface area (Å²) in [6.45, 7) is 5.40. The van der Waals surface area contributed by atoms with Gasteiger partial charge in [-0.1, -0.05) is 18.2 Å². The third-order valence-electron chi connectivity index (χ3n) is 3.80. The first-order chi connectivity index (χ1) is 10.5. The van der Waals surface area contributed by atoms with Gasteiger partial charge in [0.05, 0.1) is 13.2 Å². The van der Waals surface area contributed by atoms with Crippen LogP contribution in [-0.2, 0) is 31.5 Å². The maximum atomic E-state index is 12.5. The summed E-state index contributed by atoms with van der Waals surface area (Å²) in [6, 6.07) is 7.62. The molecule has 1 heterocycles. The molecule has 0 atom stereocenters. The number of nitrogens with zero attached hydrogens (tertiary/aromatic N) is 1. The maximum absolute atomic E-state index is 12.5. The number of rotatable bonds is 5. The Morgan fingerprint density at radius 2 is 1.64 bits per heavy atom. The fourth-order valence-corrected chi connectivity index (χ4v) is 2.59. The van der Waals surface area contributed by atoms with E-state index < -0.39 is 17.4 Å². The van der Waals surface area contributed by atoms with Crippen molar-refractivity contribution in [3.05, 3.63) is 36.0 Å². The molecule has 0 saturated heterocycles. The van der Waals surface area contributed by atoms with Crippen LogP contribution in [-0.4, -0.2) is 29.7 Å². The lowest BCUT2D eigenvalue weighted by atomic mass is 9.82. The van der Waals surface area contributed by atoms with E-state index in [1.807, 2.05) is 35.9 Å². The van der Waals surface area contributed by atoms with Crippen LogP contribution >= 0.6 is 0 Å². The summed E-state index contributed by atoms with van der Waals surface area (Å²) in [7, 11) is 1.88. The molecule has 5 nitrogen and oxygen atoms in total. The summed E-state index contributed by atoms with van der Waals surface area (Å²) in [5.41, 5.74) is 0.0622. The number of aryl methyl sites for hydroxylation is 1. The van der Waals surface area contributed by atoms with Crippen molar-refractivity contribution in [1.29, 1.82) is 0 Å². The summed E-state index contributed by atoms with van der Waals surface area (Å²) in [6.07, 6.45) is 1.79. The smallest absolute Gasteiger partial charge is 0.327 e. The lowest BCUT2D eigenvalue weighted by Crippen LogP contribution is -2.43. The van der Waals surface area contributed by atoms with Gasteiger partial charge in [-0.05, 0) is 26.8 Å². The molecule has 2 aromatic rings. The van der Waals surface area contributed by atoms with Gasteiger partial charge in [-0.2, -0.15) is 0 Å². The lowest BCUT2D eigenvalue weighted by Gasteiger charge is -2.24. The van der Waals surface area contributed by atoms with Crippen LogP contribution in [0.15, 0.2) is 30.5 Å². The van der Waals surface area contributed by atoms with Gasteiger partial charge in [0.25, 0.3) is 0 Å². The summed E-state index contributed by atoms with van der Waals surface area (Å²) < 4.78 is 12.2. The molecule has 0 aliphatic heterocycles. The lowest BCUT2D eigenvalue weighted by molar-refractivity contribution is -0.163. The van der Waals surface area contributed by atoms with Gasteiger partial charge in [0, 0.05) is 29.7 Å². The van der Waals surface area contributed by atoms with Crippen LogP contribution < -0.4 is 0 Å². The number of fused-ring (bicyclic) bond motifs is 1. The molecular weight excluding hydrogens is 282 g/mol. The van der Waals surface area contributed by atoms with E-state index in [0.717, 1.165) is 10.9 Å². The molecule has 0 bridgehead atoms. The fraction of sp³-hybridized carbons (Fsp3) is 0.412. The van der Waals surface area contributed by atoms with Gasteiger partial charge < -0.3 is 14.0 Å². The summed E-state index contributed by atoms with van der Waals surface area (Å²) in [5.74, 6) is -1.19. The Kier molecular flexibility index (Phi) is 4.54. The zero-order chi connectivity index (χ0) is 16.3. The van der Waals surface area contributed by atoms with Gasteiger partial charge in [0.15, 0.2) is 5.41 Å². The number of carbonyl (C=O) groups is 2. The molecule has 118 valence electrons. The second-order valence-electron chi connectivity index (χ2n) is 5.24. The Labute approximate surface area is 129 Å². The van der Waals surface area contributed by atoms with E-state index in [0.29, 0.717) is 5.56 Å². The van der Waals surface area contributed by atoms with Crippen LogP contribution in [0.1, 0.15) is 26.3 Å². The highest BCUT2D eigenvalue weighted by Gasteiger charge is 2.47. The number of aromatic nitrogens is 1. The van der Waals surface area contributed by atoms with Gasteiger partial charge in [-0.25, -0.2) is 0 Å². The van der Waals surface area contributed by atoms with Crippen LogP contribution in [0.25, 0.3) is 10.9 Å². The first-order valence-corrected chi connectivity index (χ1v) is 7.35. The number of para-hydroxylation sites is 1. The molecule has 0 radical (unpaired) electrons. The number of ether oxygens (including phenoxy) is 2. The third-order valence-corrected chi connectivity index (χ3v) is 3.80. The molecule has 0 amide bonds. The van der Waals surface area contributed by atoms with E-state index in [4.69, 9.17) is 9.47 Å². The second kappa shape index (κ2) is 6.22. The maximum Gasteiger partial charge on any atom is 0.327 e. The predicted molar refractivity (Wildman–Crippen MR) is 83.5 cm³/mol. The Morgan fingerprint density at radius 3 is 2.18 bits per heavy atom. The Bertz CT molecular complexity index is 684. The van der Waals surface area contributed by atoms with E-state index in [2.05, 4.69) is 0 Å². The molecule has 0 spiro atoms. The van der Waals surface area contributed by atoms with Crippen molar-refractivity contribution in [1.82, 2.24) is 4.57 Å². The van der Waals surface area contributed by atoms with Crippen molar-refractivity contribution in [2.45, 2.75) is 26.2 Å². The molecule has 0 aliphatic rings. The highest BCUT2D eigenvalue weighted by atomic mass is 16.6. The number of benzene rings is 1. The topological polar surface area (TPSA) is 57.5 Å². The average Bonchev–Trinajstić information content (AvgIpc) is 2.85. The molecule has 0 N–H and O–H groups in total. The molecular formula is C17H21NO4. The van der Waals surface area contributed by atoms with Gasteiger partial charge >= 0.3 is 11.9 Å². The molecule has 0 fully saturated rings. The molecule has 0 saturated carbocycles. The van der Waals surface area contributed by atoms with Crippen molar-refractivity contribution >= 4 is 22.8 Å². The van der Waals surface area contributed by atoms with Gasteiger partial charge in [0.1, 0.15) is 0 Å². The molecule has 1 aromatic carbocycles. The number of esters is 2. The highest BCUT2D eigenvalue weighted by Crippen LogP contribution is 2.34. The summed E-state index contributed by atoms with van der Waals surface area (Å²) >= 11 is 0. The normalized spacial score (nSPS) is 11.5. The van der Waals surface area contributed by atoms with Gasteiger partial charge in [-0.15, -0.1) is 0 Å². The highest BCUT2D eigenvalue weighted by molar-refractivity contribution is 6.09. The minimum atomic E-state index is -1.48. The van der Waals surface area contributed by atoms with E-state index in [-0.39, 0.29) is 13.2 Å². The van der Waals surface area contributed by atoms with Crippen LogP contribution in [0.5, 0.6) is 0 Å². The van der Waals surface area contributed by atoms with Gasteiger partial charge in [0.2, 0.25) is 0 Å². The average molecular weight is 303 g/mol. The number of carbonyl (C=O) groups excluding carboxylic acids is 2. The second-order valence-corrected chi connectivity index (χ2v) is 5.24. The molecule has 1 aromatic heterocycles.